The standard InChI is InChI=1S/C41H47F3N8O5.C2HF3O2/c1-25(2)57-34-22-36-47-32(23-52(36)24-33(34)48-39(55)30-4-3-5-35(46-30)41(42,43)44)28-12-17-50(18-13-28)19-16-38(54)51-20-14-27(15-21-51)26-6-8-29(9-7-26)45-31-10-11-37(53)49-40(31)56;3-2(4,5)1(6)7/h3-9,22-25,27-28,31,45H,10-21H2,1-2H3,(H,48,55)(H,49,53,56);(H,6,7). The maximum atomic E-state index is 13.2. The summed E-state index contributed by atoms with van der Waals surface area (Å²) in [5.41, 5.74) is 2.33. The number of fused-ring (bicyclic) bond motifs is 1. The lowest BCUT2D eigenvalue weighted by molar-refractivity contribution is -0.192. The smallest absolute Gasteiger partial charge is 0.489 e. The number of rotatable bonds is 11. The number of anilines is 2. The second kappa shape index (κ2) is 20.1. The van der Waals surface area contributed by atoms with E-state index >= 15 is 0 Å². The van der Waals surface area contributed by atoms with Crippen molar-refractivity contribution in [1.82, 2.24) is 29.5 Å². The molecule has 4 N–H and O–H groups in total. The van der Waals surface area contributed by atoms with E-state index in [0.29, 0.717) is 56.2 Å². The van der Waals surface area contributed by atoms with Crippen LogP contribution in [0.1, 0.15) is 98.1 Å². The monoisotopic (exact) mass is 902 g/mol. The molecule has 6 heterocycles. The van der Waals surface area contributed by atoms with Gasteiger partial charge in [0.05, 0.1) is 11.8 Å². The number of hydrogen-bond donors (Lipinski definition) is 4. The Kier molecular flexibility index (Phi) is 14.8. The summed E-state index contributed by atoms with van der Waals surface area (Å²) in [4.78, 5) is 71.3. The Balaban J connectivity index is 0.000000898. The number of imide groups is 1. The van der Waals surface area contributed by atoms with Gasteiger partial charge in [0.25, 0.3) is 5.91 Å². The van der Waals surface area contributed by atoms with Crippen LogP contribution >= 0.6 is 0 Å². The minimum atomic E-state index is -5.08. The van der Waals surface area contributed by atoms with Crippen molar-refractivity contribution < 1.29 is 60.2 Å². The fourth-order valence-electron chi connectivity index (χ4n) is 7.79. The number of hydrogen-bond acceptors (Lipinski definition) is 10. The van der Waals surface area contributed by atoms with Crippen LogP contribution in [0.4, 0.5) is 37.7 Å². The molecule has 344 valence electrons. The maximum absolute atomic E-state index is 13.2. The minimum absolute atomic E-state index is 0.172. The largest absolute Gasteiger partial charge is 0.490 e. The van der Waals surface area contributed by atoms with Gasteiger partial charge in [-0.2, -0.15) is 26.3 Å². The molecular weight excluding hydrogens is 855 g/mol. The highest BCUT2D eigenvalue weighted by Crippen LogP contribution is 2.34. The van der Waals surface area contributed by atoms with Gasteiger partial charge in [-0.3, -0.25) is 24.5 Å². The summed E-state index contributed by atoms with van der Waals surface area (Å²) < 4.78 is 79.1. The molecule has 3 aromatic heterocycles. The first-order valence-corrected chi connectivity index (χ1v) is 20.8. The number of carbonyl (C=O) groups excluding carboxylic acids is 4. The zero-order chi connectivity index (χ0) is 46.3. The van der Waals surface area contributed by atoms with Gasteiger partial charge in [-0.15, -0.1) is 0 Å². The third-order valence-electron chi connectivity index (χ3n) is 11.2. The number of aliphatic carboxylic acids is 1. The van der Waals surface area contributed by atoms with Crippen LogP contribution in [-0.4, -0.2) is 110 Å². The number of piperidine rings is 3. The molecule has 1 atom stereocenters. The van der Waals surface area contributed by atoms with Crippen molar-refractivity contribution in [3.63, 3.8) is 0 Å². The van der Waals surface area contributed by atoms with Gasteiger partial charge in [0.15, 0.2) is 0 Å². The Morgan fingerprint density at radius 3 is 2.16 bits per heavy atom. The summed E-state index contributed by atoms with van der Waals surface area (Å²) in [7, 11) is 0. The summed E-state index contributed by atoms with van der Waals surface area (Å²) >= 11 is 0. The molecule has 0 saturated carbocycles. The topological polar surface area (TPSA) is 188 Å². The zero-order valence-corrected chi connectivity index (χ0v) is 35.0. The quantitative estimate of drug-likeness (QED) is 0.0937. The number of alkyl halides is 6. The third kappa shape index (κ3) is 12.5. The van der Waals surface area contributed by atoms with Gasteiger partial charge < -0.3 is 34.7 Å². The van der Waals surface area contributed by atoms with Crippen molar-refractivity contribution in [3.05, 3.63) is 83.6 Å². The summed E-state index contributed by atoms with van der Waals surface area (Å²) in [6.07, 6.45) is -1.66. The van der Waals surface area contributed by atoms with Crippen LogP contribution in [0.3, 0.4) is 0 Å². The number of likely N-dealkylation sites (tertiary alicyclic amines) is 2. The molecule has 4 aromatic rings. The first-order chi connectivity index (χ1) is 30.2. The predicted octanol–water partition coefficient (Wildman–Crippen LogP) is 6.61. The van der Waals surface area contributed by atoms with Gasteiger partial charge in [0, 0.05) is 62.5 Å². The van der Waals surface area contributed by atoms with Crippen LogP contribution in [0, 0.1) is 0 Å². The molecule has 21 heteroatoms. The predicted molar refractivity (Wildman–Crippen MR) is 220 cm³/mol. The third-order valence-corrected chi connectivity index (χ3v) is 11.2. The van der Waals surface area contributed by atoms with Gasteiger partial charge in [-0.05, 0) is 94.8 Å². The number of imidazole rings is 1. The van der Waals surface area contributed by atoms with Gasteiger partial charge >= 0.3 is 18.3 Å². The van der Waals surface area contributed by atoms with E-state index in [-0.39, 0.29) is 41.1 Å². The zero-order valence-electron chi connectivity index (χ0n) is 35.0. The van der Waals surface area contributed by atoms with Crippen LogP contribution in [0.15, 0.2) is 60.9 Å². The molecule has 1 unspecified atom stereocenters. The molecule has 3 saturated heterocycles. The molecule has 0 spiro atoms. The molecule has 3 aliphatic heterocycles. The molecular formula is C43H48F6N8O7. The summed E-state index contributed by atoms with van der Waals surface area (Å²) in [5, 5.41) is 15.4. The van der Waals surface area contributed by atoms with Crippen molar-refractivity contribution in [2.75, 3.05) is 43.4 Å². The van der Waals surface area contributed by atoms with E-state index in [2.05, 4.69) is 38.0 Å². The van der Waals surface area contributed by atoms with Crippen molar-refractivity contribution in [3.8, 4) is 5.75 Å². The van der Waals surface area contributed by atoms with Crippen LogP contribution in [0.2, 0.25) is 0 Å². The van der Waals surface area contributed by atoms with Crippen LogP contribution < -0.4 is 20.7 Å². The SMILES string of the molecule is CC(C)Oc1cc2nc(C3CCN(CCC(=O)N4CCC(c5ccc(NC6CCC(=O)NC6=O)cc5)CC4)CC3)cn2cc1NC(=O)c1cccc(C(F)(F)F)n1.O=C(O)C(F)(F)F. The Morgan fingerprint density at radius 1 is 0.891 bits per heavy atom. The Morgan fingerprint density at radius 2 is 1.55 bits per heavy atom. The molecule has 1 aromatic carbocycles. The highest BCUT2D eigenvalue weighted by atomic mass is 19.4. The highest BCUT2D eigenvalue weighted by Gasteiger charge is 2.38. The maximum Gasteiger partial charge on any atom is 0.490 e. The number of benzene rings is 1. The van der Waals surface area contributed by atoms with Crippen molar-refractivity contribution in [2.24, 2.45) is 0 Å². The molecule has 3 aliphatic rings. The van der Waals surface area contributed by atoms with E-state index < -0.39 is 36.0 Å². The Labute approximate surface area is 363 Å². The number of carbonyl (C=O) groups is 5. The highest BCUT2D eigenvalue weighted by molar-refractivity contribution is 6.04. The van der Waals surface area contributed by atoms with Crippen molar-refractivity contribution in [1.29, 1.82) is 0 Å². The fourth-order valence-corrected chi connectivity index (χ4v) is 7.79. The van der Waals surface area contributed by atoms with Crippen LogP contribution in [0.25, 0.3) is 5.65 Å². The van der Waals surface area contributed by atoms with E-state index in [1.165, 1.54) is 11.6 Å². The van der Waals surface area contributed by atoms with Crippen molar-refractivity contribution >= 4 is 46.6 Å². The Hall–Kier alpha value is -6.25. The summed E-state index contributed by atoms with van der Waals surface area (Å²) in [5.74, 6) is -3.02. The van der Waals surface area contributed by atoms with E-state index in [0.717, 1.165) is 62.3 Å². The van der Waals surface area contributed by atoms with Crippen molar-refractivity contribution in [2.45, 2.75) is 95.1 Å². The fraction of sp³-hybridized carbons (Fsp3) is 0.465. The molecule has 4 amide bonds. The normalized spacial score (nSPS) is 18.0. The average Bonchev–Trinajstić information content (AvgIpc) is 3.66. The lowest BCUT2D eigenvalue weighted by atomic mass is 9.89. The first kappa shape index (κ1) is 47.2. The van der Waals surface area contributed by atoms with E-state index in [9.17, 15) is 45.5 Å². The number of ether oxygens (including phenoxy) is 1. The first-order valence-electron chi connectivity index (χ1n) is 20.8. The number of nitrogens with one attached hydrogen (secondary N) is 3. The van der Waals surface area contributed by atoms with Crippen LogP contribution in [-0.2, 0) is 25.4 Å². The van der Waals surface area contributed by atoms with E-state index in [1.54, 1.807) is 16.7 Å². The van der Waals surface area contributed by atoms with Crippen LogP contribution in [0.5, 0.6) is 5.75 Å². The van der Waals surface area contributed by atoms with Gasteiger partial charge in [0.2, 0.25) is 17.7 Å². The average molecular weight is 903 g/mol. The number of carboxylic acids is 1. The van der Waals surface area contributed by atoms with E-state index in [1.807, 2.05) is 37.1 Å². The van der Waals surface area contributed by atoms with Gasteiger partial charge in [-0.25, -0.2) is 14.8 Å². The summed E-state index contributed by atoms with van der Waals surface area (Å²) in [6, 6.07) is 12.6. The molecule has 15 nitrogen and oxygen atoms in total. The lowest BCUT2D eigenvalue weighted by Crippen LogP contribution is -2.47. The second-order valence-corrected chi connectivity index (χ2v) is 16.1. The van der Waals surface area contributed by atoms with E-state index in [4.69, 9.17) is 19.6 Å². The number of aromatic nitrogens is 3. The molecule has 7 rings (SSSR count). The summed E-state index contributed by atoms with van der Waals surface area (Å²) in [6.45, 7) is 7.45. The number of halogens is 6. The molecule has 0 bridgehead atoms. The molecule has 64 heavy (non-hydrogen) atoms. The van der Waals surface area contributed by atoms with Gasteiger partial charge in [-0.1, -0.05) is 18.2 Å². The number of pyridine rings is 2. The number of nitrogens with zero attached hydrogens (tertiary/aromatic N) is 5. The second-order valence-electron chi connectivity index (χ2n) is 16.1. The number of carboxylic acid groups (broad SMARTS) is 1. The molecule has 0 radical (unpaired) electrons. The van der Waals surface area contributed by atoms with Gasteiger partial charge in [0.1, 0.15) is 34.5 Å². The molecule has 0 aliphatic carbocycles. The lowest BCUT2D eigenvalue weighted by Gasteiger charge is -2.34. The Bertz CT molecular complexity index is 2320. The number of amides is 4. The minimum Gasteiger partial charge on any atom is -0.489 e. The molecule has 3 fully saturated rings.